The average molecular weight is 417 g/mol. The Kier molecular flexibility index (Phi) is 6.55. The second-order valence-electron chi connectivity index (χ2n) is 6.50. The van der Waals surface area contributed by atoms with E-state index in [4.69, 9.17) is 4.74 Å². The van der Waals surface area contributed by atoms with Crippen LogP contribution >= 0.6 is 11.3 Å². The van der Waals surface area contributed by atoms with Crippen molar-refractivity contribution in [1.82, 2.24) is 10.9 Å². The first-order valence-electron chi connectivity index (χ1n) is 9.06. The first-order valence-corrected chi connectivity index (χ1v) is 9.88. The van der Waals surface area contributed by atoms with Gasteiger partial charge in [0.2, 0.25) is 0 Å². The summed E-state index contributed by atoms with van der Waals surface area (Å²) in [5, 5.41) is 10.6. The smallest absolute Gasteiger partial charge is 0.348 e. The third kappa shape index (κ3) is 5.38. The topological polar surface area (TPSA) is 128 Å². The molecule has 1 aromatic heterocycles. The molecule has 29 heavy (non-hydrogen) atoms. The lowest BCUT2D eigenvalue weighted by Gasteiger charge is -2.07. The van der Waals surface area contributed by atoms with Crippen molar-refractivity contribution < 1.29 is 24.0 Å². The van der Waals surface area contributed by atoms with Crippen molar-refractivity contribution in [2.75, 3.05) is 6.61 Å². The Morgan fingerprint density at radius 1 is 1.07 bits per heavy atom. The van der Waals surface area contributed by atoms with Gasteiger partial charge in [-0.1, -0.05) is 6.42 Å². The van der Waals surface area contributed by atoms with Crippen molar-refractivity contribution in [3.8, 4) is 0 Å². The Bertz CT molecular complexity index is 914. The number of ether oxygens (including phenoxy) is 1. The molecule has 152 valence electrons. The van der Waals surface area contributed by atoms with Gasteiger partial charge < -0.3 is 4.74 Å². The van der Waals surface area contributed by atoms with Crippen LogP contribution in [0.3, 0.4) is 0 Å². The van der Waals surface area contributed by atoms with E-state index >= 15 is 0 Å². The molecule has 1 heterocycles. The minimum Gasteiger partial charge on any atom is -0.451 e. The summed E-state index contributed by atoms with van der Waals surface area (Å²) in [4.78, 5) is 47.6. The molecule has 0 atom stereocenters. The van der Waals surface area contributed by atoms with E-state index in [2.05, 4.69) is 10.9 Å². The minimum absolute atomic E-state index is 0.132. The van der Waals surface area contributed by atoms with Crippen LogP contribution in [0.2, 0.25) is 0 Å². The highest BCUT2D eigenvalue weighted by Crippen LogP contribution is 2.29. The first kappa shape index (κ1) is 20.5. The van der Waals surface area contributed by atoms with E-state index in [-0.39, 0.29) is 11.3 Å². The number of nitro benzene ring substituents is 1. The van der Waals surface area contributed by atoms with Crippen molar-refractivity contribution in [3.63, 3.8) is 0 Å². The van der Waals surface area contributed by atoms with Crippen molar-refractivity contribution in [1.29, 1.82) is 0 Å². The number of carbonyl (C=O) groups is 3. The highest BCUT2D eigenvalue weighted by Gasteiger charge is 2.18. The van der Waals surface area contributed by atoms with E-state index in [1.807, 2.05) is 6.07 Å². The summed E-state index contributed by atoms with van der Waals surface area (Å²) in [5.74, 6) is -1.92. The van der Waals surface area contributed by atoms with Crippen LogP contribution in [-0.4, -0.2) is 29.3 Å². The lowest BCUT2D eigenvalue weighted by atomic mass is 10.1. The van der Waals surface area contributed by atoms with Gasteiger partial charge in [-0.25, -0.2) is 4.79 Å². The molecule has 0 radical (unpaired) electrons. The number of hydrogen-bond donors (Lipinski definition) is 2. The predicted octanol–water partition coefficient (Wildman–Crippen LogP) is 2.54. The zero-order valence-electron chi connectivity index (χ0n) is 15.4. The highest BCUT2D eigenvalue weighted by molar-refractivity contribution is 7.14. The number of hydrogen-bond acceptors (Lipinski definition) is 7. The Labute approximate surface area is 170 Å². The molecule has 1 aromatic carbocycles. The number of nitrogens with one attached hydrogen (secondary N) is 2. The largest absolute Gasteiger partial charge is 0.451 e. The number of nitrogens with zero attached hydrogens (tertiary/aromatic N) is 1. The van der Waals surface area contributed by atoms with Crippen LogP contribution < -0.4 is 10.9 Å². The van der Waals surface area contributed by atoms with Crippen molar-refractivity contribution in [3.05, 3.63) is 61.3 Å². The van der Waals surface area contributed by atoms with Crippen LogP contribution in [-0.2, 0) is 22.4 Å². The monoisotopic (exact) mass is 417 g/mol. The molecule has 9 nitrogen and oxygen atoms in total. The Balaban J connectivity index is 1.45. The summed E-state index contributed by atoms with van der Waals surface area (Å²) in [5.41, 5.74) is 5.46. The van der Waals surface area contributed by atoms with Gasteiger partial charge in [-0.3, -0.25) is 30.6 Å². The highest BCUT2D eigenvalue weighted by atomic mass is 32.1. The fourth-order valence-corrected chi connectivity index (χ4v) is 4.09. The first-order chi connectivity index (χ1) is 13.9. The lowest BCUT2D eigenvalue weighted by molar-refractivity contribution is -0.384. The molecule has 0 unspecified atom stereocenters. The van der Waals surface area contributed by atoms with Gasteiger partial charge >= 0.3 is 5.97 Å². The molecule has 2 aromatic rings. The maximum Gasteiger partial charge on any atom is 0.348 e. The number of thiophene rings is 1. The van der Waals surface area contributed by atoms with Crippen LogP contribution in [0, 0.1) is 10.1 Å². The molecular weight excluding hydrogens is 398 g/mol. The fourth-order valence-electron chi connectivity index (χ4n) is 2.94. The number of nitro groups is 1. The van der Waals surface area contributed by atoms with E-state index in [1.165, 1.54) is 52.5 Å². The number of benzene rings is 1. The number of rotatable bonds is 5. The third-order valence-electron chi connectivity index (χ3n) is 4.44. The molecule has 0 fully saturated rings. The number of fused-ring (bicyclic) bond motifs is 1. The minimum atomic E-state index is -0.702. The molecule has 0 saturated heterocycles. The van der Waals surface area contributed by atoms with E-state index in [0.29, 0.717) is 4.88 Å². The van der Waals surface area contributed by atoms with Crippen molar-refractivity contribution in [2.24, 2.45) is 0 Å². The Hall–Kier alpha value is -3.27. The molecule has 0 bridgehead atoms. The number of aryl methyl sites for hydroxylation is 2. The molecule has 0 saturated carbocycles. The Morgan fingerprint density at radius 3 is 2.52 bits per heavy atom. The molecule has 3 rings (SSSR count). The van der Waals surface area contributed by atoms with Gasteiger partial charge in [-0.05, 0) is 49.4 Å². The zero-order valence-corrected chi connectivity index (χ0v) is 16.3. The molecule has 1 aliphatic rings. The van der Waals surface area contributed by atoms with Crippen LogP contribution in [0.15, 0.2) is 30.3 Å². The molecule has 0 spiro atoms. The molecule has 0 aliphatic heterocycles. The second kappa shape index (κ2) is 9.28. The summed E-state index contributed by atoms with van der Waals surface area (Å²) in [6, 6.07) is 6.73. The fraction of sp³-hybridized carbons (Fsp3) is 0.316. The van der Waals surface area contributed by atoms with Gasteiger partial charge in [0.15, 0.2) is 6.61 Å². The van der Waals surface area contributed by atoms with E-state index in [0.717, 1.165) is 25.7 Å². The maximum absolute atomic E-state index is 12.2. The van der Waals surface area contributed by atoms with Crippen molar-refractivity contribution >= 4 is 34.8 Å². The number of hydrazine groups is 1. The van der Waals surface area contributed by atoms with Crippen LogP contribution in [0.1, 0.15) is 49.7 Å². The molecule has 2 N–H and O–H groups in total. The summed E-state index contributed by atoms with van der Waals surface area (Å²) in [7, 11) is 0. The molecule has 10 heteroatoms. The average Bonchev–Trinajstić information content (AvgIpc) is 3.00. The lowest BCUT2D eigenvalue weighted by Crippen LogP contribution is -2.43. The van der Waals surface area contributed by atoms with Gasteiger partial charge in [-0.15, -0.1) is 11.3 Å². The summed E-state index contributed by atoms with van der Waals surface area (Å²) >= 11 is 1.40. The van der Waals surface area contributed by atoms with Gasteiger partial charge in [0, 0.05) is 22.6 Å². The molecule has 1 aliphatic carbocycles. The van der Waals surface area contributed by atoms with Crippen LogP contribution in [0.5, 0.6) is 0 Å². The maximum atomic E-state index is 12.2. The standard InChI is InChI=1S/C19H19N3O6S/c23-17(20-21-18(24)12-6-8-14(9-7-12)22(26)27)11-28-19(25)16-10-13-4-2-1-3-5-15(13)29-16/h6-10H,1-5,11H2,(H,20,23)(H,21,24). The third-order valence-corrected chi connectivity index (χ3v) is 5.66. The molecule has 2 amide bonds. The van der Waals surface area contributed by atoms with Crippen LogP contribution in [0.25, 0.3) is 0 Å². The number of non-ortho nitro benzene ring substituents is 1. The summed E-state index contributed by atoms with van der Waals surface area (Å²) in [6.45, 7) is -0.540. The Morgan fingerprint density at radius 2 is 1.79 bits per heavy atom. The summed E-state index contributed by atoms with van der Waals surface area (Å²) < 4.78 is 5.01. The van der Waals surface area contributed by atoms with Gasteiger partial charge in [0.05, 0.1) is 4.92 Å². The van der Waals surface area contributed by atoms with Gasteiger partial charge in [0.1, 0.15) is 4.88 Å². The SMILES string of the molecule is O=C(COC(=O)c1cc2c(s1)CCCCC2)NNC(=O)c1ccc([N+](=O)[O-])cc1. The van der Waals surface area contributed by atoms with Crippen LogP contribution in [0.4, 0.5) is 5.69 Å². The molecular formula is C19H19N3O6S. The van der Waals surface area contributed by atoms with E-state index in [1.54, 1.807) is 0 Å². The van der Waals surface area contributed by atoms with Gasteiger partial charge in [0.25, 0.3) is 17.5 Å². The summed E-state index contributed by atoms with van der Waals surface area (Å²) in [6.07, 6.45) is 5.32. The van der Waals surface area contributed by atoms with E-state index < -0.39 is 29.3 Å². The van der Waals surface area contributed by atoms with E-state index in [9.17, 15) is 24.5 Å². The normalized spacial score (nSPS) is 13.0. The number of amides is 2. The zero-order chi connectivity index (χ0) is 20.8. The quantitative estimate of drug-likeness (QED) is 0.333. The number of carbonyl (C=O) groups excluding carboxylic acids is 3. The number of esters is 1. The second-order valence-corrected chi connectivity index (χ2v) is 7.64. The van der Waals surface area contributed by atoms with Gasteiger partial charge in [-0.2, -0.15) is 0 Å². The predicted molar refractivity (Wildman–Crippen MR) is 105 cm³/mol. The van der Waals surface area contributed by atoms with Crippen molar-refractivity contribution in [2.45, 2.75) is 32.1 Å².